The van der Waals surface area contributed by atoms with Gasteiger partial charge in [0, 0.05) is 24.2 Å². The largest absolute Gasteiger partial charge is 0.336 e. The van der Waals surface area contributed by atoms with Crippen molar-refractivity contribution in [3.8, 4) is 0 Å². The maximum Gasteiger partial charge on any atom is 0.321 e. The van der Waals surface area contributed by atoms with Crippen molar-refractivity contribution in [1.29, 1.82) is 0 Å². The predicted octanol–water partition coefficient (Wildman–Crippen LogP) is 2.67. The van der Waals surface area contributed by atoms with E-state index in [1.165, 1.54) is 34.4 Å². The van der Waals surface area contributed by atoms with Gasteiger partial charge in [-0.15, -0.1) is 0 Å². The van der Waals surface area contributed by atoms with Crippen LogP contribution in [-0.4, -0.2) is 25.0 Å². The van der Waals surface area contributed by atoms with Crippen molar-refractivity contribution in [3.63, 3.8) is 0 Å². The second-order valence-electron chi connectivity index (χ2n) is 4.51. The summed E-state index contributed by atoms with van der Waals surface area (Å²) in [6.07, 6.45) is 0. The minimum atomic E-state index is -0.619. The van der Waals surface area contributed by atoms with Gasteiger partial charge in [0.25, 0.3) is 5.91 Å². The average Bonchev–Trinajstić information content (AvgIpc) is 3.11. The summed E-state index contributed by atoms with van der Waals surface area (Å²) < 4.78 is 13.9. The zero-order chi connectivity index (χ0) is 14.8. The number of nitrogens with zero attached hydrogens (tertiary/aromatic N) is 1. The zero-order valence-electron chi connectivity index (χ0n) is 10.9. The first kappa shape index (κ1) is 13.6. The van der Waals surface area contributed by atoms with Gasteiger partial charge >= 0.3 is 6.03 Å². The van der Waals surface area contributed by atoms with Crippen LogP contribution in [-0.2, 0) is 0 Å². The van der Waals surface area contributed by atoms with Crippen molar-refractivity contribution >= 4 is 34.6 Å². The molecule has 1 saturated heterocycles. The second-order valence-corrected chi connectivity index (χ2v) is 5.29. The molecular formula is C14H12FN3O2S. The number of nitrogens with one attached hydrogen (secondary N) is 2. The summed E-state index contributed by atoms with van der Waals surface area (Å²) in [6.45, 7) is 1.03. The molecule has 2 aromatic rings. The molecule has 1 aliphatic heterocycles. The Bertz CT molecular complexity index is 688. The van der Waals surface area contributed by atoms with Crippen LogP contribution in [0.4, 0.5) is 20.6 Å². The predicted molar refractivity (Wildman–Crippen MR) is 79.4 cm³/mol. The lowest BCUT2D eigenvalue weighted by Crippen LogP contribution is -2.28. The number of urea groups is 1. The van der Waals surface area contributed by atoms with E-state index in [1.807, 2.05) is 5.38 Å². The summed E-state index contributed by atoms with van der Waals surface area (Å²) >= 11 is 1.44. The summed E-state index contributed by atoms with van der Waals surface area (Å²) in [5, 5.41) is 8.86. The number of benzene rings is 1. The highest BCUT2D eigenvalue weighted by Crippen LogP contribution is 2.22. The van der Waals surface area contributed by atoms with Crippen LogP contribution >= 0.6 is 11.3 Å². The quantitative estimate of drug-likeness (QED) is 0.916. The van der Waals surface area contributed by atoms with Crippen LogP contribution in [0.2, 0.25) is 0 Å². The topological polar surface area (TPSA) is 61.4 Å². The van der Waals surface area contributed by atoms with E-state index in [-0.39, 0.29) is 11.6 Å². The van der Waals surface area contributed by atoms with Gasteiger partial charge in [0.15, 0.2) is 0 Å². The molecule has 1 fully saturated rings. The Labute approximate surface area is 124 Å². The van der Waals surface area contributed by atoms with Crippen molar-refractivity contribution in [2.45, 2.75) is 0 Å². The molecule has 108 valence electrons. The molecule has 3 rings (SSSR count). The fourth-order valence-electron chi connectivity index (χ4n) is 2.11. The van der Waals surface area contributed by atoms with Crippen molar-refractivity contribution in [3.05, 3.63) is 46.4 Å². The third-order valence-corrected chi connectivity index (χ3v) is 3.83. The van der Waals surface area contributed by atoms with E-state index in [2.05, 4.69) is 10.6 Å². The summed E-state index contributed by atoms with van der Waals surface area (Å²) in [5.41, 5.74) is 1.04. The van der Waals surface area contributed by atoms with E-state index in [9.17, 15) is 14.0 Å². The Morgan fingerprint density at radius 2 is 2.24 bits per heavy atom. The number of amides is 3. The van der Waals surface area contributed by atoms with E-state index in [0.717, 1.165) is 0 Å². The number of rotatable bonds is 3. The lowest BCUT2D eigenvalue weighted by molar-refractivity contribution is 0.102. The highest BCUT2D eigenvalue weighted by atomic mass is 32.1. The summed E-state index contributed by atoms with van der Waals surface area (Å²) in [5.74, 6) is -1.15. The van der Waals surface area contributed by atoms with Crippen LogP contribution in [0, 0.1) is 5.82 Å². The molecule has 3 amide bonds. The molecule has 2 N–H and O–H groups in total. The monoisotopic (exact) mass is 305 g/mol. The molecule has 0 saturated carbocycles. The number of anilines is 2. The lowest BCUT2D eigenvalue weighted by atomic mass is 10.1. The average molecular weight is 305 g/mol. The Balaban J connectivity index is 1.87. The maximum atomic E-state index is 13.9. The number of thiophene rings is 1. The van der Waals surface area contributed by atoms with Gasteiger partial charge < -0.3 is 10.6 Å². The normalized spacial score (nSPS) is 14.1. The van der Waals surface area contributed by atoms with Gasteiger partial charge in [0.2, 0.25) is 0 Å². The summed E-state index contributed by atoms with van der Waals surface area (Å²) in [6, 6.07) is 5.57. The standard InChI is InChI=1S/C14H12FN3O2S/c15-12-2-1-10(18-5-4-16-14(18)20)7-11(12)13(19)17-9-3-6-21-8-9/h1-3,6-8H,4-5H2,(H,16,20)(H,17,19). The Morgan fingerprint density at radius 3 is 2.90 bits per heavy atom. The van der Waals surface area contributed by atoms with E-state index in [1.54, 1.807) is 11.4 Å². The first-order chi connectivity index (χ1) is 10.1. The minimum Gasteiger partial charge on any atom is -0.336 e. The molecule has 0 bridgehead atoms. The molecule has 1 aliphatic rings. The van der Waals surface area contributed by atoms with Crippen molar-refractivity contribution in [2.75, 3.05) is 23.3 Å². The van der Waals surface area contributed by atoms with Gasteiger partial charge in [-0.3, -0.25) is 9.69 Å². The smallest absolute Gasteiger partial charge is 0.321 e. The molecule has 21 heavy (non-hydrogen) atoms. The van der Waals surface area contributed by atoms with Crippen LogP contribution in [0.15, 0.2) is 35.0 Å². The fourth-order valence-corrected chi connectivity index (χ4v) is 2.69. The Morgan fingerprint density at radius 1 is 1.38 bits per heavy atom. The lowest BCUT2D eigenvalue weighted by Gasteiger charge is -2.15. The van der Waals surface area contributed by atoms with Crippen molar-refractivity contribution < 1.29 is 14.0 Å². The highest BCUT2D eigenvalue weighted by molar-refractivity contribution is 7.08. The molecule has 0 unspecified atom stereocenters. The third kappa shape index (κ3) is 2.73. The SMILES string of the molecule is O=C(Nc1ccsc1)c1cc(N2CCNC2=O)ccc1F. The molecule has 1 aromatic carbocycles. The van der Waals surface area contributed by atoms with Crippen LogP contribution in [0.25, 0.3) is 0 Å². The number of hydrogen-bond donors (Lipinski definition) is 2. The molecule has 0 radical (unpaired) electrons. The number of carbonyl (C=O) groups excluding carboxylic acids is 2. The minimum absolute atomic E-state index is 0.0848. The van der Waals surface area contributed by atoms with Gasteiger partial charge in [-0.05, 0) is 29.6 Å². The molecule has 7 heteroatoms. The van der Waals surface area contributed by atoms with Crippen molar-refractivity contribution in [2.24, 2.45) is 0 Å². The van der Waals surface area contributed by atoms with Gasteiger partial charge in [-0.1, -0.05) is 0 Å². The molecule has 0 atom stereocenters. The van der Waals surface area contributed by atoms with Crippen LogP contribution < -0.4 is 15.5 Å². The van der Waals surface area contributed by atoms with Crippen LogP contribution in [0.5, 0.6) is 0 Å². The Hall–Kier alpha value is -2.41. The summed E-state index contributed by atoms with van der Waals surface area (Å²) in [4.78, 5) is 25.2. The van der Waals surface area contributed by atoms with E-state index >= 15 is 0 Å². The summed E-state index contributed by atoms with van der Waals surface area (Å²) in [7, 11) is 0. The van der Waals surface area contributed by atoms with Crippen LogP contribution in [0.1, 0.15) is 10.4 Å². The molecule has 0 spiro atoms. The number of carbonyl (C=O) groups is 2. The van der Waals surface area contributed by atoms with E-state index in [0.29, 0.717) is 24.5 Å². The van der Waals surface area contributed by atoms with E-state index in [4.69, 9.17) is 0 Å². The van der Waals surface area contributed by atoms with Gasteiger partial charge in [0.05, 0.1) is 11.3 Å². The molecule has 5 nitrogen and oxygen atoms in total. The second kappa shape index (κ2) is 5.53. The maximum absolute atomic E-state index is 13.9. The van der Waals surface area contributed by atoms with Crippen molar-refractivity contribution in [1.82, 2.24) is 5.32 Å². The fraction of sp³-hybridized carbons (Fsp3) is 0.143. The molecule has 0 aliphatic carbocycles. The van der Waals surface area contributed by atoms with E-state index < -0.39 is 11.7 Å². The number of halogens is 1. The first-order valence-electron chi connectivity index (χ1n) is 6.33. The zero-order valence-corrected chi connectivity index (χ0v) is 11.7. The van der Waals surface area contributed by atoms with Gasteiger partial charge in [0.1, 0.15) is 5.82 Å². The van der Waals surface area contributed by atoms with Crippen LogP contribution in [0.3, 0.4) is 0 Å². The first-order valence-corrected chi connectivity index (χ1v) is 7.28. The van der Waals surface area contributed by atoms with Gasteiger partial charge in [-0.25, -0.2) is 9.18 Å². The molecule has 2 heterocycles. The van der Waals surface area contributed by atoms with Gasteiger partial charge in [-0.2, -0.15) is 11.3 Å². The third-order valence-electron chi connectivity index (χ3n) is 3.14. The molecular weight excluding hydrogens is 293 g/mol. The highest BCUT2D eigenvalue weighted by Gasteiger charge is 2.23. The number of hydrogen-bond acceptors (Lipinski definition) is 3. The Kier molecular flexibility index (Phi) is 3.57. The molecule has 1 aromatic heterocycles.